The lowest BCUT2D eigenvalue weighted by Gasteiger charge is -2.22. The summed E-state index contributed by atoms with van der Waals surface area (Å²) >= 11 is 0. The summed E-state index contributed by atoms with van der Waals surface area (Å²) in [6, 6.07) is 20.7. The highest BCUT2D eigenvalue weighted by Gasteiger charge is 2.25. The van der Waals surface area contributed by atoms with Gasteiger partial charge in [-0.25, -0.2) is 9.59 Å². The van der Waals surface area contributed by atoms with E-state index in [0.29, 0.717) is 6.42 Å². The van der Waals surface area contributed by atoms with Gasteiger partial charge in [-0.3, -0.25) is 9.59 Å². The Morgan fingerprint density at radius 1 is 0.897 bits per heavy atom. The topological polar surface area (TPSA) is 116 Å². The van der Waals surface area contributed by atoms with E-state index in [1.807, 2.05) is 60.7 Å². The second-order valence-corrected chi connectivity index (χ2v) is 9.98. The molecule has 2 amide bonds. The van der Waals surface area contributed by atoms with E-state index >= 15 is 0 Å². The minimum Gasteiger partial charge on any atom is -0.467 e. The molecule has 0 bridgehead atoms. The first-order chi connectivity index (χ1) is 18.6. The molecule has 206 valence electrons. The van der Waals surface area contributed by atoms with E-state index in [1.165, 1.54) is 17.7 Å². The lowest BCUT2D eigenvalue weighted by Crippen LogP contribution is -2.44. The van der Waals surface area contributed by atoms with Gasteiger partial charge in [-0.1, -0.05) is 60.7 Å². The van der Waals surface area contributed by atoms with Crippen LogP contribution in [0.15, 0.2) is 83.8 Å². The Labute approximate surface area is 228 Å². The van der Waals surface area contributed by atoms with Gasteiger partial charge in [-0.2, -0.15) is 0 Å². The monoisotopic (exact) mass is 533 g/mol. The van der Waals surface area contributed by atoms with Crippen LogP contribution < -0.4 is 16.2 Å². The van der Waals surface area contributed by atoms with Gasteiger partial charge in [-0.15, -0.1) is 0 Å². The number of methoxy groups -OCH3 is 1. The minimum atomic E-state index is -1.00. The Hall–Kier alpha value is -4.40. The molecule has 2 N–H and O–H groups in total. The lowest BCUT2D eigenvalue weighted by molar-refractivity contribution is -0.143. The number of pyridine rings is 1. The zero-order chi connectivity index (χ0) is 28.4. The summed E-state index contributed by atoms with van der Waals surface area (Å²) in [5, 5.41) is 5.24. The average Bonchev–Trinajstić information content (AvgIpc) is 2.91. The first-order valence-corrected chi connectivity index (χ1v) is 12.8. The molecular formula is C30H35N3O6. The van der Waals surface area contributed by atoms with Crippen LogP contribution in [0.2, 0.25) is 0 Å². The van der Waals surface area contributed by atoms with Crippen molar-refractivity contribution in [1.82, 2.24) is 15.2 Å². The van der Waals surface area contributed by atoms with E-state index in [0.717, 1.165) is 11.1 Å². The number of rotatable bonds is 10. The quantitative estimate of drug-likeness (QED) is 0.300. The standard InChI is InChI=1S/C30H35N3O6/c1-30(2,3)39-29(37)31-19-11-18-24(28(36)38-4)32-26(34)23-17-12-20-33(27(23)35)25(21-13-7-5-8-14-21)22-15-9-6-10-16-22/h5-10,12-17,20,24-25H,11,18-19H2,1-4H3,(H,31,37)(H,32,34). The molecule has 0 radical (unpaired) electrons. The van der Waals surface area contributed by atoms with Gasteiger partial charge < -0.3 is 24.7 Å². The van der Waals surface area contributed by atoms with Gasteiger partial charge in [0.05, 0.1) is 13.2 Å². The highest BCUT2D eigenvalue weighted by Crippen LogP contribution is 2.25. The van der Waals surface area contributed by atoms with Crippen molar-refractivity contribution in [3.8, 4) is 0 Å². The van der Waals surface area contributed by atoms with Crippen LogP contribution in [0.25, 0.3) is 0 Å². The van der Waals surface area contributed by atoms with Gasteiger partial charge in [0.15, 0.2) is 0 Å². The van der Waals surface area contributed by atoms with E-state index < -0.39 is 41.2 Å². The fourth-order valence-electron chi connectivity index (χ4n) is 4.11. The summed E-state index contributed by atoms with van der Waals surface area (Å²) < 4.78 is 11.6. The molecular weight excluding hydrogens is 498 g/mol. The predicted molar refractivity (Wildman–Crippen MR) is 148 cm³/mol. The third-order valence-electron chi connectivity index (χ3n) is 5.86. The molecule has 2 aromatic carbocycles. The van der Waals surface area contributed by atoms with Crippen molar-refractivity contribution in [3.63, 3.8) is 0 Å². The van der Waals surface area contributed by atoms with Gasteiger partial charge in [0, 0.05) is 12.7 Å². The molecule has 0 fully saturated rings. The maximum Gasteiger partial charge on any atom is 0.407 e. The maximum absolute atomic E-state index is 13.6. The van der Waals surface area contributed by atoms with Crippen LogP contribution in [0.1, 0.15) is 61.1 Å². The van der Waals surface area contributed by atoms with Crippen LogP contribution in [0, 0.1) is 0 Å². The molecule has 0 spiro atoms. The summed E-state index contributed by atoms with van der Waals surface area (Å²) in [5.74, 6) is -1.34. The fraction of sp³-hybridized carbons (Fsp3) is 0.333. The Kier molecular flexibility index (Phi) is 10.0. The third kappa shape index (κ3) is 8.29. The third-order valence-corrected chi connectivity index (χ3v) is 5.86. The van der Waals surface area contributed by atoms with Crippen molar-refractivity contribution in [1.29, 1.82) is 0 Å². The first-order valence-electron chi connectivity index (χ1n) is 12.8. The van der Waals surface area contributed by atoms with Crippen molar-refractivity contribution in [2.45, 2.75) is 51.3 Å². The van der Waals surface area contributed by atoms with E-state index in [2.05, 4.69) is 10.6 Å². The Bertz CT molecular complexity index is 1280. The molecule has 0 aliphatic carbocycles. The number of carbonyl (C=O) groups is 3. The maximum atomic E-state index is 13.6. The van der Waals surface area contributed by atoms with Gasteiger partial charge in [-0.05, 0) is 56.9 Å². The number of hydrogen-bond donors (Lipinski definition) is 2. The zero-order valence-electron chi connectivity index (χ0n) is 22.7. The molecule has 1 atom stereocenters. The first kappa shape index (κ1) is 29.2. The van der Waals surface area contributed by atoms with E-state index in [9.17, 15) is 19.2 Å². The second kappa shape index (κ2) is 13.4. The molecule has 0 aliphatic heterocycles. The smallest absolute Gasteiger partial charge is 0.407 e. The summed E-state index contributed by atoms with van der Waals surface area (Å²) in [5.41, 5.74) is 0.537. The summed E-state index contributed by atoms with van der Waals surface area (Å²) in [7, 11) is 1.22. The molecule has 0 aliphatic rings. The highest BCUT2D eigenvalue weighted by atomic mass is 16.6. The fourth-order valence-corrected chi connectivity index (χ4v) is 4.11. The molecule has 3 aromatic rings. The summed E-state index contributed by atoms with van der Waals surface area (Å²) in [6.07, 6.45) is 1.62. The summed E-state index contributed by atoms with van der Waals surface area (Å²) in [4.78, 5) is 51.1. The van der Waals surface area contributed by atoms with Crippen LogP contribution in [-0.2, 0) is 14.3 Å². The molecule has 39 heavy (non-hydrogen) atoms. The largest absolute Gasteiger partial charge is 0.467 e. The molecule has 9 heteroatoms. The highest BCUT2D eigenvalue weighted by molar-refractivity contribution is 5.96. The molecule has 3 rings (SSSR count). The zero-order valence-corrected chi connectivity index (χ0v) is 22.7. The number of alkyl carbamates (subject to hydrolysis) is 1. The molecule has 0 saturated carbocycles. The Morgan fingerprint density at radius 2 is 1.49 bits per heavy atom. The molecule has 1 unspecified atom stereocenters. The normalized spacial score (nSPS) is 11.9. The number of carbonyl (C=O) groups excluding carboxylic acids is 3. The van der Waals surface area contributed by atoms with Crippen molar-refractivity contribution in [3.05, 3.63) is 106 Å². The number of benzene rings is 2. The number of nitrogens with zero attached hydrogens (tertiary/aromatic N) is 1. The number of ether oxygens (including phenoxy) is 2. The second-order valence-electron chi connectivity index (χ2n) is 9.98. The van der Waals surface area contributed by atoms with Crippen LogP contribution in [0.5, 0.6) is 0 Å². The van der Waals surface area contributed by atoms with Crippen LogP contribution in [-0.4, -0.2) is 47.8 Å². The number of amides is 2. The SMILES string of the molecule is COC(=O)C(CCCNC(=O)OC(C)(C)C)NC(=O)c1cccn(C(c2ccccc2)c2ccccc2)c1=O. The van der Waals surface area contributed by atoms with Gasteiger partial charge in [0.2, 0.25) is 0 Å². The Morgan fingerprint density at radius 3 is 2.03 bits per heavy atom. The number of nitrogens with one attached hydrogen (secondary N) is 2. The van der Waals surface area contributed by atoms with Crippen molar-refractivity contribution >= 4 is 18.0 Å². The van der Waals surface area contributed by atoms with E-state index in [-0.39, 0.29) is 18.5 Å². The van der Waals surface area contributed by atoms with Crippen molar-refractivity contribution < 1.29 is 23.9 Å². The lowest BCUT2D eigenvalue weighted by atomic mass is 9.98. The predicted octanol–water partition coefficient (Wildman–Crippen LogP) is 4.06. The average molecular weight is 534 g/mol. The molecule has 1 heterocycles. The summed E-state index contributed by atoms with van der Waals surface area (Å²) in [6.45, 7) is 5.50. The van der Waals surface area contributed by atoms with Gasteiger partial charge >= 0.3 is 12.1 Å². The van der Waals surface area contributed by atoms with Crippen molar-refractivity contribution in [2.24, 2.45) is 0 Å². The van der Waals surface area contributed by atoms with E-state index in [4.69, 9.17) is 9.47 Å². The van der Waals surface area contributed by atoms with Gasteiger partial charge in [0.1, 0.15) is 17.2 Å². The van der Waals surface area contributed by atoms with Gasteiger partial charge in [0.25, 0.3) is 11.5 Å². The molecule has 1 aromatic heterocycles. The van der Waals surface area contributed by atoms with Crippen LogP contribution >= 0.6 is 0 Å². The van der Waals surface area contributed by atoms with E-state index in [1.54, 1.807) is 33.0 Å². The van der Waals surface area contributed by atoms with Crippen molar-refractivity contribution in [2.75, 3.05) is 13.7 Å². The minimum absolute atomic E-state index is 0.102. The number of aromatic nitrogens is 1. The number of hydrogen-bond acceptors (Lipinski definition) is 6. The van der Waals surface area contributed by atoms with Crippen LogP contribution in [0.3, 0.4) is 0 Å². The number of esters is 1. The molecule has 0 saturated heterocycles. The van der Waals surface area contributed by atoms with Crippen LogP contribution in [0.4, 0.5) is 4.79 Å². The Balaban J connectivity index is 1.79. The molecule has 9 nitrogen and oxygen atoms in total.